The molecule has 0 aliphatic heterocycles. The molecular formula is C15H21NO2. The van der Waals surface area contributed by atoms with Gasteiger partial charge in [-0.2, -0.15) is 0 Å². The summed E-state index contributed by atoms with van der Waals surface area (Å²) in [5.41, 5.74) is 2.10. The van der Waals surface area contributed by atoms with E-state index in [1.807, 2.05) is 12.1 Å². The summed E-state index contributed by atoms with van der Waals surface area (Å²) in [5.74, 6) is 0.0465. The van der Waals surface area contributed by atoms with Crippen molar-refractivity contribution < 1.29 is 9.90 Å². The number of carbonyl (C=O) groups is 1. The highest BCUT2D eigenvalue weighted by atomic mass is 16.3. The number of amides is 1. The van der Waals surface area contributed by atoms with E-state index in [4.69, 9.17) is 0 Å². The monoisotopic (exact) mass is 247 g/mol. The Morgan fingerprint density at radius 2 is 2.22 bits per heavy atom. The van der Waals surface area contributed by atoms with Gasteiger partial charge in [0.25, 0.3) is 0 Å². The van der Waals surface area contributed by atoms with Crippen molar-refractivity contribution in [3.05, 3.63) is 35.4 Å². The number of benzene rings is 1. The topological polar surface area (TPSA) is 49.3 Å². The number of rotatable bonds is 5. The first kappa shape index (κ1) is 13.1. The Hall–Kier alpha value is -1.35. The molecule has 0 aromatic heterocycles. The van der Waals surface area contributed by atoms with Crippen LogP contribution in [0.15, 0.2) is 24.3 Å². The second-order valence-corrected chi connectivity index (χ2v) is 5.33. The van der Waals surface area contributed by atoms with Crippen molar-refractivity contribution in [3.8, 4) is 0 Å². The molecule has 18 heavy (non-hydrogen) atoms. The van der Waals surface area contributed by atoms with Crippen LogP contribution in [0.5, 0.6) is 0 Å². The third-order valence-corrected chi connectivity index (χ3v) is 3.74. The van der Waals surface area contributed by atoms with Gasteiger partial charge in [-0.05, 0) is 38.2 Å². The third-order valence-electron chi connectivity index (χ3n) is 3.74. The van der Waals surface area contributed by atoms with Crippen molar-refractivity contribution in [2.45, 2.75) is 44.6 Å². The average molecular weight is 247 g/mol. The highest BCUT2D eigenvalue weighted by molar-refractivity contribution is 5.77. The molecule has 3 heteroatoms. The second kappa shape index (κ2) is 5.53. The van der Waals surface area contributed by atoms with Crippen molar-refractivity contribution in [1.82, 2.24) is 5.32 Å². The molecule has 0 saturated heterocycles. The van der Waals surface area contributed by atoms with Gasteiger partial charge in [0.05, 0.1) is 12.1 Å². The Bertz CT molecular complexity index is 419. The van der Waals surface area contributed by atoms with Gasteiger partial charge in [-0.15, -0.1) is 0 Å². The van der Waals surface area contributed by atoms with Crippen molar-refractivity contribution in [2.75, 3.05) is 6.61 Å². The fourth-order valence-corrected chi connectivity index (χ4v) is 2.41. The van der Waals surface area contributed by atoms with Crippen LogP contribution in [0, 0.1) is 6.92 Å². The van der Waals surface area contributed by atoms with Gasteiger partial charge in [0.2, 0.25) is 5.91 Å². The van der Waals surface area contributed by atoms with Gasteiger partial charge >= 0.3 is 0 Å². The number of hydrogen-bond donors (Lipinski definition) is 2. The van der Waals surface area contributed by atoms with Crippen molar-refractivity contribution in [3.63, 3.8) is 0 Å². The van der Waals surface area contributed by atoms with Crippen LogP contribution in [0.1, 0.15) is 36.8 Å². The minimum absolute atomic E-state index is 0.0465. The fraction of sp³-hybridized carbons (Fsp3) is 0.533. The molecule has 98 valence electrons. The smallest absolute Gasteiger partial charge is 0.220 e. The molecule has 1 amide bonds. The lowest BCUT2D eigenvalue weighted by Gasteiger charge is -2.41. The van der Waals surface area contributed by atoms with Crippen LogP contribution in [0.25, 0.3) is 0 Å². The molecule has 3 nitrogen and oxygen atoms in total. The predicted molar refractivity (Wildman–Crippen MR) is 71.3 cm³/mol. The van der Waals surface area contributed by atoms with Crippen LogP contribution in [0.3, 0.4) is 0 Å². The van der Waals surface area contributed by atoms with Crippen LogP contribution in [-0.2, 0) is 11.2 Å². The van der Waals surface area contributed by atoms with E-state index in [1.54, 1.807) is 0 Å². The first-order chi connectivity index (χ1) is 8.63. The normalized spacial score (nSPS) is 17.0. The van der Waals surface area contributed by atoms with Gasteiger partial charge in [-0.25, -0.2) is 0 Å². The maximum atomic E-state index is 11.8. The molecule has 1 aliphatic rings. The van der Waals surface area contributed by atoms with Gasteiger partial charge in [-0.1, -0.05) is 29.8 Å². The summed E-state index contributed by atoms with van der Waals surface area (Å²) in [4.78, 5) is 11.8. The van der Waals surface area contributed by atoms with Gasteiger partial charge < -0.3 is 10.4 Å². The Morgan fingerprint density at radius 1 is 1.44 bits per heavy atom. The number of aliphatic hydroxyl groups excluding tert-OH is 1. The number of aryl methyl sites for hydroxylation is 2. The van der Waals surface area contributed by atoms with Gasteiger partial charge in [0, 0.05) is 6.42 Å². The van der Waals surface area contributed by atoms with Gasteiger partial charge in [-0.3, -0.25) is 4.79 Å². The zero-order chi connectivity index (χ0) is 13.0. The number of carbonyl (C=O) groups excluding carboxylic acids is 1. The molecular weight excluding hydrogens is 226 g/mol. The van der Waals surface area contributed by atoms with E-state index in [1.165, 1.54) is 11.1 Å². The quantitative estimate of drug-likeness (QED) is 0.835. The van der Waals surface area contributed by atoms with E-state index in [2.05, 4.69) is 24.4 Å². The summed E-state index contributed by atoms with van der Waals surface area (Å²) in [7, 11) is 0. The van der Waals surface area contributed by atoms with Crippen LogP contribution in [-0.4, -0.2) is 23.2 Å². The summed E-state index contributed by atoms with van der Waals surface area (Å²) >= 11 is 0. The zero-order valence-electron chi connectivity index (χ0n) is 10.9. The number of aliphatic hydroxyl groups is 1. The van der Waals surface area contributed by atoms with Crippen molar-refractivity contribution in [1.29, 1.82) is 0 Å². The summed E-state index contributed by atoms with van der Waals surface area (Å²) in [5, 5.41) is 12.3. The minimum atomic E-state index is -0.316. The molecule has 2 N–H and O–H groups in total. The molecule has 0 radical (unpaired) electrons. The molecule has 1 aliphatic carbocycles. The molecule has 0 bridgehead atoms. The van der Waals surface area contributed by atoms with Gasteiger partial charge in [0.1, 0.15) is 0 Å². The Morgan fingerprint density at radius 3 is 2.78 bits per heavy atom. The van der Waals surface area contributed by atoms with Crippen LogP contribution >= 0.6 is 0 Å². The highest BCUT2D eigenvalue weighted by Gasteiger charge is 2.37. The predicted octanol–water partition coefficient (Wildman–Crippen LogP) is 1.96. The van der Waals surface area contributed by atoms with E-state index in [-0.39, 0.29) is 18.1 Å². The highest BCUT2D eigenvalue weighted by Crippen LogP contribution is 2.31. The fourth-order valence-electron chi connectivity index (χ4n) is 2.41. The average Bonchev–Trinajstić information content (AvgIpc) is 2.31. The summed E-state index contributed by atoms with van der Waals surface area (Å²) < 4.78 is 0. The standard InChI is InChI=1S/C15H21NO2/c1-12-4-2-5-13(10-12)6-7-14(18)16-15(11-17)8-3-9-15/h2,4-5,10,17H,3,6-9,11H2,1H3,(H,16,18). The molecule has 0 spiro atoms. The maximum absolute atomic E-state index is 11.8. The van der Waals surface area contributed by atoms with Crippen molar-refractivity contribution >= 4 is 5.91 Å². The molecule has 1 saturated carbocycles. The molecule has 1 aromatic carbocycles. The number of hydrogen-bond acceptors (Lipinski definition) is 2. The molecule has 1 fully saturated rings. The summed E-state index contributed by atoms with van der Waals surface area (Å²) in [6, 6.07) is 8.23. The van der Waals surface area contributed by atoms with Crippen LogP contribution in [0.2, 0.25) is 0 Å². The largest absolute Gasteiger partial charge is 0.394 e. The third kappa shape index (κ3) is 3.10. The lowest BCUT2D eigenvalue weighted by molar-refractivity contribution is -0.125. The van der Waals surface area contributed by atoms with E-state index in [9.17, 15) is 9.90 Å². The summed E-state index contributed by atoms with van der Waals surface area (Å²) in [6.07, 6.45) is 4.15. The summed E-state index contributed by atoms with van der Waals surface area (Å²) in [6.45, 7) is 2.11. The second-order valence-electron chi connectivity index (χ2n) is 5.33. The van der Waals surface area contributed by atoms with Gasteiger partial charge in [0.15, 0.2) is 0 Å². The van der Waals surface area contributed by atoms with Crippen molar-refractivity contribution in [2.24, 2.45) is 0 Å². The van der Waals surface area contributed by atoms with E-state index < -0.39 is 0 Å². The first-order valence-corrected chi connectivity index (χ1v) is 6.61. The number of nitrogens with one attached hydrogen (secondary N) is 1. The lowest BCUT2D eigenvalue weighted by Crippen LogP contribution is -2.56. The minimum Gasteiger partial charge on any atom is -0.394 e. The van der Waals surface area contributed by atoms with E-state index >= 15 is 0 Å². The molecule has 2 rings (SSSR count). The maximum Gasteiger partial charge on any atom is 0.220 e. The lowest BCUT2D eigenvalue weighted by atomic mass is 9.77. The molecule has 0 heterocycles. The Balaban J connectivity index is 1.81. The van der Waals surface area contributed by atoms with Crippen LogP contribution < -0.4 is 5.32 Å². The Labute approximate surface area is 108 Å². The molecule has 1 aromatic rings. The molecule has 0 atom stereocenters. The van der Waals surface area contributed by atoms with E-state index in [0.717, 1.165) is 25.7 Å². The van der Waals surface area contributed by atoms with Crippen LogP contribution in [0.4, 0.5) is 0 Å². The SMILES string of the molecule is Cc1cccc(CCC(=O)NC2(CO)CCC2)c1. The Kier molecular flexibility index (Phi) is 4.02. The first-order valence-electron chi connectivity index (χ1n) is 6.61. The van der Waals surface area contributed by atoms with E-state index in [0.29, 0.717) is 6.42 Å². The molecule has 0 unspecified atom stereocenters. The zero-order valence-corrected chi connectivity index (χ0v) is 10.9.